The van der Waals surface area contributed by atoms with E-state index in [1.165, 1.54) is 37.9 Å². The van der Waals surface area contributed by atoms with Gasteiger partial charge in [0.05, 0.1) is 0 Å². The molecule has 2 heterocycles. The van der Waals surface area contributed by atoms with E-state index in [-0.39, 0.29) is 24.0 Å². The summed E-state index contributed by atoms with van der Waals surface area (Å²) in [5.74, 6) is 4.02. The first-order valence-electron chi connectivity index (χ1n) is 10.1. The summed E-state index contributed by atoms with van der Waals surface area (Å²) in [4.78, 5) is 4.70. The lowest BCUT2D eigenvalue weighted by atomic mass is 10.1. The maximum absolute atomic E-state index is 4.70. The fourth-order valence-corrected chi connectivity index (χ4v) is 3.22. The highest BCUT2D eigenvalue weighted by molar-refractivity contribution is 14.0. The predicted molar refractivity (Wildman–Crippen MR) is 119 cm³/mol. The second-order valence-electron chi connectivity index (χ2n) is 7.32. The van der Waals surface area contributed by atoms with Crippen molar-refractivity contribution in [3.63, 3.8) is 0 Å². The van der Waals surface area contributed by atoms with Crippen LogP contribution in [0.2, 0.25) is 0 Å². The highest BCUT2D eigenvalue weighted by Crippen LogP contribution is 2.15. The Bertz CT molecular complexity index is 526. The van der Waals surface area contributed by atoms with Crippen LogP contribution in [0.5, 0.6) is 0 Å². The number of halogens is 1. The molecule has 0 atom stereocenters. The molecule has 0 aliphatic carbocycles. The standard InChI is InChI=1S/C19H36N6.HI/c1-4-20-19(21-13-8-10-16(2)3)22-14-9-12-18-24-23-17-11-6-5-7-15-25(17)18;/h16H,4-15H2,1-3H3,(H2,20,21,22);1H. The van der Waals surface area contributed by atoms with Crippen molar-refractivity contribution in [1.82, 2.24) is 25.4 Å². The third kappa shape index (κ3) is 8.22. The molecule has 1 aromatic heterocycles. The number of guanidine groups is 1. The van der Waals surface area contributed by atoms with E-state index in [0.29, 0.717) is 0 Å². The van der Waals surface area contributed by atoms with Crippen molar-refractivity contribution in [2.24, 2.45) is 10.9 Å². The van der Waals surface area contributed by atoms with Gasteiger partial charge in [0.15, 0.2) is 5.96 Å². The van der Waals surface area contributed by atoms with Gasteiger partial charge in [0.2, 0.25) is 0 Å². The molecule has 0 spiro atoms. The first-order chi connectivity index (χ1) is 12.2. The number of hydrogen-bond acceptors (Lipinski definition) is 3. The number of fused-ring (bicyclic) bond motifs is 1. The number of rotatable bonds is 9. The van der Waals surface area contributed by atoms with Gasteiger partial charge in [-0.05, 0) is 44.9 Å². The molecule has 0 saturated carbocycles. The molecule has 0 fully saturated rings. The zero-order chi connectivity index (χ0) is 17.9. The minimum absolute atomic E-state index is 0. The van der Waals surface area contributed by atoms with E-state index in [0.717, 1.165) is 63.1 Å². The van der Waals surface area contributed by atoms with E-state index >= 15 is 0 Å². The summed E-state index contributed by atoms with van der Waals surface area (Å²) in [5, 5.41) is 15.5. The Hall–Kier alpha value is -0.860. The summed E-state index contributed by atoms with van der Waals surface area (Å²) in [6, 6.07) is 0. The average molecular weight is 476 g/mol. The molecule has 1 aliphatic heterocycles. The van der Waals surface area contributed by atoms with E-state index in [4.69, 9.17) is 4.99 Å². The first kappa shape index (κ1) is 23.2. The van der Waals surface area contributed by atoms with Crippen molar-refractivity contribution < 1.29 is 0 Å². The lowest BCUT2D eigenvalue weighted by Gasteiger charge is -2.12. The van der Waals surface area contributed by atoms with Gasteiger partial charge in [-0.3, -0.25) is 4.99 Å². The van der Waals surface area contributed by atoms with E-state index in [1.807, 2.05) is 0 Å². The van der Waals surface area contributed by atoms with Crippen LogP contribution in [0.15, 0.2) is 4.99 Å². The Labute approximate surface area is 176 Å². The molecule has 2 N–H and O–H groups in total. The van der Waals surface area contributed by atoms with Crippen LogP contribution in [0.25, 0.3) is 0 Å². The van der Waals surface area contributed by atoms with Crippen LogP contribution in [0.1, 0.15) is 70.9 Å². The molecule has 0 radical (unpaired) electrons. The number of nitrogens with one attached hydrogen (secondary N) is 2. The Morgan fingerprint density at radius 2 is 2.00 bits per heavy atom. The van der Waals surface area contributed by atoms with Gasteiger partial charge < -0.3 is 15.2 Å². The summed E-state index contributed by atoms with van der Waals surface area (Å²) < 4.78 is 2.34. The Balaban J connectivity index is 0.00000338. The number of nitrogens with zero attached hydrogens (tertiary/aromatic N) is 4. The molecule has 26 heavy (non-hydrogen) atoms. The van der Waals surface area contributed by atoms with Crippen LogP contribution in [0.3, 0.4) is 0 Å². The summed E-state index contributed by atoms with van der Waals surface area (Å²) in [6.45, 7) is 10.4. The topological polar surface area (TPSA) is 67.1 Å². The molecule has 0 bridgehead atoms. The summed E-state index contributed by atoms with van der Waals surface area (Å²) in [6.07, 6.45) is 9.30. The zero-order valence-electron chi connectivity index (χ0n) is 16.8. The Kier molecular flexibility index (Phi) is 11.9. The smallest absolute Gasteiger partial charge is 0.191 e. The van der Waals surface area contributed by atoms with Gasteiger partial charge >= 0.3 is 0 Å². The largest absolute Gasteiger partial charge is 0.357 e. The van der Waals surface area contributed by atoms with Crippen LogP contribution in [-0.4, -0.2) is 40.4 Å². The van der Waals surface area contributed by atoms with Gasteiger partial charge in [0.1, 0.15) is 11.6 Å². The monoisotopic (exact) mass is 476 g/mol. The fraction of sp³-hybridized carbons (Fsp3) is 0.842. The number of aliphatic imine (C=N–C) groups is 1. The minimum atomic E-state index is 0. The van der Waals surface area contributed by atoms with E-state index < -0.39 is 0 Å². The summed E-state index contributed by atoms with van der Waals surface area (Å²) >= 11 is 0. The fourth-order valence-electron chi connectivity index (χ4n) is 3.22. The second-order valence-corrected chi connectivity index (χ2v) is 7.32. The second kappa shape index (κ2) is 13.3. The molecular formula is C19H37IN6. The number of aryl methyl sites for hydroxylation is 2. The molecule has 1 aromatic rings. The molecule has 0 unspecified atom stereocenters. The van der Waals surface area contributed by atoms with Gasteiger partial charge in [-0.1, -0.05) is 20.3 Å². The molecular weight excluding hydrogens is 439 g/mol. The zero-order valence-corrected chi connectivity index (χ0v) is 19.1. The molecule has 0 amide bonds. The molecule has 2 rings (SSSR count). The average Bonchev–Trinajstić information content (AvgIpc) is 2.81. The quantitative estimate of drug-likeness (QED) is 0.248. The van der Waals surface area contributed by atoms with Crippen LogP contribution in [-0.2, 0) is 19.4 Å². The van der Waals surface area contributed by atoms with Gasteiger partial charge in [-0.2, -0.15) is 0 Å². The molecule has 7 heteroatoms. The van der Waals surface area contributed by atoms with Crippen LogP contribution in [0, 0.1) is 5.92 Å². The number of hydrogen-bond donors (Lipinski definition) is 2. The molecule has 0 aromatic carbocycles. The SMILES string of the molecule is CCNC(=NCCCc1nnc2n1CCCCC2)NCCCC(C)C.I. The molecule has 0 saturated heterocycles. The highest BCUT2D eigenvalue weighted by Gasteiger charge is 2.13. The lowest BCUT2D eigenvalue weighted by molar-refractivity contribution is 0.549. The summed E-state index contributed by atoms with van der Waals surface area (Å²) in [7, 11) is 0. The van der Waals surface area contributed by atoms with Crippen LogP contribution < -0.4 is 10.6 Å². The van der Waals surface area contributed by atoms with Crippen molar-refractivity contribution in [3.8, 4) is 0 Å². The maximum atomic E-state index is 4.70. The number of aromatic nitrogens is 3. The van der Waals surface area contributed by atoms with Gasteiger partial charge in [0, 0.05) is 39.0 Å². The summed E-state index contributed by atoms with van der Waals surface area (Å²) in [5.41, 5.74) is 0. The van der Waals surface area contributed by atoms with Crippen molar-refractivity contribution in [2.75, 3.05) is 19.6 Å². The third-order valence-corrected chi connectivity index (χ3v) is 4.61. The molecule has 6 nitrogen and oxygen atoms in total. The lowest BCUT2D eigenvalue weighted by Crippen LogP contribution is -2.38. The van der Waals surface area contributed by atoms with Crippen LogP contribution in [0.4, 0.5) is 0 Å². The predicted octanol–water partition coefficient (Wildman–Crippen LogP) is 3.55. The van der Waals surface area contributed by atoms with E-state index in [1.54, 1.807) is 0 Å². The van der Waals surface area contributed by atoms with Crippen LogP contribution >= 0.6 is 24.0 Å². The Morgan fingerprint density at radius 3 is 2.77 bits per heavy atom. The van der Waals surface area contributed by atoms with Gasteiger partial charge in [-0.15, -0.1) is 34.2 Å². The normalized spacial score (nSPS) is 14.5. The molecule has 1 aliphatic rings. The van der Waals surface area contributed by atoms with Gasteiger partial charge in [0.25, 0.3) is 0 Å². The van der Waals surface area contributed by atoms with Gasteiger partial charge in [-0.25, -0.2) is 0 Å². The van der Waals surface area contributed by atoms with E-state index in [2.05, 4.69) is 46.2 Å². The van der Waals surface area contributed by atoms with Crippen molar-refractivity contribution >= 4 is 29.9 Å². The van der Waals surface area contributed by atoms with E-state index in [9.17, 15) is 0 Å². The highest BCUT2D eigenvalue weighted by atomic mass is 127. The van der Waals surface area contributed by atoms with Crippen molar-refractivity contribution in [1.29, 1.82) is 0 Å². The molecule has 150 valence electrons. The first-order valence-corrected chi connectivity index (χ1v) is 10.1. The van der Waals surface area contributed by atoms with Crippen molar-refractivity contribution in [3.05, 3.63) is 11.6 Å². The van der Waals surface area contributed by atoms with Crippen molar-refractivity contribution in [2.45, 2.75) is 78.7 Å². The maximum Gasteiger partial charge on any atom is 0.191 e. The third-order valence-electron chi connectivity index (χ3n) is 4.61. The minimum Gasteiger partial charge on any atom is -0.357 e. The Morgan fingerprint density at radius 1 is 1.15 bits per heavy atom.